The lowest BCUT2D eigenvalue weighted by Crippen LogP contribution is -2.23. The maximum absolute atomic E-state index is 11.9. The van der Waals surface area contributed by atoms with Crippen molar-refractivity contribution in [2.45, 2.75) is 26.3 Å². The van der Waals surface area contributed by atoms with Gasteiger partial charge in [-0.3, -0.25) is 14.8 Å². The van der Waals surface area contributed by atoms with E-state index in [1.165, 1.54) is 0 Å². The van der Waals surface area contributed by atoms with Crippen LogP contribution in [0.2, 0.25) is 0 Å². The number of aromatic nitrogens is 4. The molecular weight excluding hydrogens is 306 g/mol. The van der Waals surface area contributed by atoms with E-state index >= 15 is 0 Å². The van der Waals surface area contributed by atoms with E-state index in [0.29, 0.717) is 24.7 Å². The zero-order valence-corrected chi connectivity index (χ0v) is 13.3. The van der Waals surface area contributed by atoms with E-state index < -0.39 is 0 Å². The first kappa shape index (κ1) is 15.8. The van der Waals surface area contributed by atoms with Crippen LogP contribution in [0.5, 0.6) is 0 Å². The number of amides is 1. The van der Waals surface area contributed by atoms with Crippen LogP contribution in [0.25, 0.3) is 11.4 Å². The monoisotopic (exact) mass is 323 g/mol. The molecule has 3 rings (SSSR count). The largest absolute Gasteiger partial charge is 0.350 e. The standard InChI is InChI=1S/C17H17N5O2/c1-12-9-19-14(10-18-12)11-20-15(23)7-8-16-21-17(22-24-16)13-5-3-2-4-6-13/h2-6,9-10H,7-8,11H2,1H3,(H,20,23). The molecule has 0 bridgehead atoms. The molecular formula is C17H17N5O2. The van der Waals surface area contributed by atoms with E-state index in [-0.39, 0.29) is 12.3 Å². The van der Waals surface area contributed by atoms with Gasteiger partial charge in [-0.05, 0) is 6.92 Å². The molecule has 0 atom stereocenters. The van der Waals surface area contributed by atoms with Gasteiger partial charge in [-0.1, -0.05) is 35.5 Å². The lowest BCUT2D eigenvalue weighted by Gasteiger charge is -2.03. The van der Waals surface area contributed by atoms with E-state index in [1.807, 2.05) is 37.3 Å². The fourth-order valence-corrected chi connectivity index (χ4v) is 2.07. The molecule has 0 aliphatic rings. The van der Waals surface area contributed by atoms with Gasteiger partial charge in [0.15, 0.2) is 0 Å². The van der Waals surface area contributed by atoms with E-state index in [4.69, 9.17) is 4.52 Å². The zero-order valence-electron chi connectivity index (χ0n) is 13.3. The minimum absolute atomic E-state index is 0.100. The summed E-state index contributed by atoms with van der Waals surface area (Å²) in [7, 11) is 0. The van der Waals surface area contributed by atoms with Crippen LogP contribution in [0.3, 0.4) is 0 Å². The molecule has 7 heteroatoms. The number of carbonyl (C=O) groups excluding carboxylic acids is 1. The Labute approximate surface area is 139 Å². The number of rotatable bonds is 6. The number of benzene rings is 1. The third-order valence-corrected chi connectivity index (χ3v) is 3.37. The van der Waals surface area contributed by atoms with Crippen molar-refractivity contribution in [3.8, 4) is 11.4 Å². The Morgan fingerprint density at radius 1 is 1.17 bits per heavy atom. The highest BCUT2D eigenvalue weighted by molar-refractivity contribution is 5.75. The van der Waals surface area contributed by atoms with E-state index in [9.17, 15) is 4.79 Å². The Bertz CT molecular complexity index is 799. The molecule has 24 heavy (non-hydrogen) atoms. The lowest BCUT2D eigenvalue weighted by atomic mass is 10.2. The Hall–Kier alpha value is -3.09. The van der Waals surface area contributed by atoms with Gasteiger partial charge in [-0.15, -0.1) is 0 Å². The van der Waals surface area contributed by atoms with E-state index in [0.717, 1.165) is 17.0 Å². The van der Waals surface area contributed by atoms with Crippen LogP contribution in [-0.4, -0.2) is 26.0 Å². The molecule has 2 aromatic heterocycles. The van der Waals surface area contributed by atoms with Crippen LogP contribution in [0.15, 0.2) is 47.2 Å². The van der Waals surface area contributed by atoms with E-state index in [2.05, 4.69) is 25.4 Å². The molecule has 0 aliphatic carbocycles. The molecule has 0 aliphatic heterocycles. The molecule has 0 saturated heterocycles. The number of hydrogen-bond donors (Lipinski definition) is 1. The lowest BCUT2D eigenvalue weighted by molar-refractivity contribution is -0.121. The molecule has 1 amide bonds. The summed E-state index contributed by atoms with van der Waals surface area (Å²) in [5.74, 6) is 0.872. The minimum atomic E-state index is -0.100. The fraction of sp³-hybridized carbons (Fsp3) is 0.235. The quantitative estimate of drug-likeness (QED) is 0.746. The molecule has 3 aromatic rings. The molecule has 0 unspecified atom stereocenters. The second kappa shape index (κ2) is 7.45. The van der Waals surface area contributed by atoms with Gasteiger partial charge in [0, 0.05) is 24.6 Å². The summed E-state index contributed by atoms with van der Waals surface area (Å²) >= 11 is 0. The van der Waals surface area contributed by atoms with Crippen molar-refractivity contribution in [1.82, 2.24) is 25.4 Å². The van der Waals surface area contributed by atoms with Crippen LogP contribution in [0.1, 0.15) is 23.7 Å². The first-order valence-electron chi connectivity index (χ1n) is 7.63. The topological polar surface area (TPSA) is 93.8 Å². The highest BCUT2D eigenvalue weighted by Crippen LogP contribution is 2.15. The van der Waals surface area contributed by atoms with Crippen molar-refractivity contribution in [1.29, 1.82) is 0 Å². The molecule has 2 heterocycles. The van der Waals surface area contributed by atoms with Gasteiger partial charge in [0.2, 0.25) is 17.6 Å². The number of nitrogens with zero attached hydrogens (tertiary/aromatic N) is 4. The summed E-state index contributed by atoms with van der Waals surface area (Å²) in [6.07, 6.45) is 3.99. The van der Waals surface area contributed by atoms with Crippen molar-refractivity contribution in [3.05, 3.63) is 60.0 Å². The predicted molar refractivity (Wildman–Crippen MR) is 86.7 cm³/mol. The van der Waals surface area contributed by atoms with Gasteiger partial charge in [-0.25, -0.2) is 0 Å². The molecule has 0 spiro atoms. The first-order valence-corrected chi connectivity index (χ1v) is 7.63. The zero-order chi connectivity index (χ0) is 16.8. The average Bonchev–Trinajstić information content (AvgIpc) is 3.09. The van der Waals surface area contributed by atoms with Crippen LogP contribution in [0.4, 0.5) is 0 Å². The number of nitrogens with one attached hydrogen (secondary N) is 1. The van der Waals surface area contributed by atoms with Crippen molar-refractivity contribution < 1.29 is 9.32 Å². The molecule has 0 saturated carbocycles. The fourth-order valence-electron chi connectivity index (χ4n) is 2.07. The van der Waals surface area contributed by atoms with Gasteiger partial charge >= 0.3 is 0 Å². The summed E-state index contributed by atoms with van der Waals surface area (Å²) in [6, 6.07) is 9.56. The van der Waals surface area contributed by atoms with Crippen LogP contribution in [0, 0.1) is 6.92 Å². The summed E-state index contributed by atoms with van der Waals surface area (Å²) < 4.78 is 5.18. The number of hydrogen-bond acceptors (Lipinski definition) is 6. The summed E-state index contributed by atoms with van der Waals surface area (Å²) in [4.78, 5) is 24.5. The molecule has 0 fully saturated rings. The predicted octanol–water partition coefficient (Wildman–Crippen LogP) is 2.08. The smallest absolute Gasteiger partial charge is 0.227 e. The molecule has 122 valence electrons. The van der Waals surface area contributed by atoms with Gasteiger partial charge in [0.05, 0.1) is 24.1 Å². The van der Waals surface area contributed by atoms with Crippen molar-refractivity contribution >= 4 is 5.91 Å². The minimum Gasteiger partial charge on any atom is -0.350 e. The third-order valence-electron chi connectivity index (χ3n) is 3.37. The summed E-state index contributed by atoms with van der Waals surface area (Å²) in [5.41, 5.74) is 2.45. The Balaban J connectivity index is 1.48. The molecule has 0 radical (unpaired) electrons. The number of carbonyl (C=O) groups is 1. The van der Waals surface area contributed by atoms with Gasteiger partial charge in [0.25, 0.3) is 0 Å². The summed E-state index contributed by atoms with van der Waals surface area (Å²) in [5, 5.41) is 6.73. The van der Waals surface area contributed by atoms with Gasteiger partial charge in [-0.2, -0.15) is 4.98 Å². The van der Waals surface area contributed by atoms with Gasteiger partial charge in [0.1, 0.15) is 0 Å². The third kappa shape index (κ3) is 4.22. The first-order chi connectivity index (χ1) is 11.7. The molecule has 1 N–H and O–H groups in total. The second-order valence-corrected chi connectivity index (χ2v) is 5.30. The normalized spacial score (nSPS) is 10.5. The Morgan fingerprint density at radius 3 is 2.75 bits per heavy atom. The Kier molecular flexibility index (Phi) is 4.90. The highest BCUT2D eigenvalue weighted by Gasteiger charge is 2.10. The van der Waals surface area contributed by atoms with E-state index in [1.54, 1.807) is 12.4 Å². The maximum atomic E-state index is 11.9. The molecule has 7 nitrogen and oxygen atoms in total. The Morgan fingerprint density at radius 2 is 2.00 bits per heavy atom. The van der Waals surface area contributed by atoms with Crippen LogP contribution in [-0.2, 0) is 17.8 Å². The SMILES string of the molecule is Cc1cnc(CNC(=O)CCc2nc(-c3ccccc3)no2)cn1. The number of aryl methyl sites for hydroxylation is 2. The van der Waals surface area contributed by atoms with Gasteiger partial charge < -0.3 is 9.84 Å². The second-order valence-electron chi connectivity index (χ2n) is 5.30. The van der Waals surface area contributed by atoms with Crippen LogP contribution < -0.4 is 5.32 Å². The average molecular weight is 323 g/mol. The van der Waals surface area contributed by atoms with Crippen molar-refractivity contribution in [2.75, 3.05) is 0 Å². The van der Waals surface area contributed by atoms with Crippen molar-refractivity contribution in [3.63, 3.8) is 0 Å². The van der Waals surface area contributed by atoms with Crippen molar-refractivity contribution in [2.24, 2.45) is 0 Å². The summed E-state index contributed by atoms with van der Waals surface area (Å²) in [6.45, 7) is 2.22. The van der Waals surface area contributed by atoms with Crippen LogP contribution >= 0.6 is 0 Å². The highest BCUT2D eigenvalue weighted by atomic mass is 16.5. The molecule has 1 aromatic carbocycles. The maximum Gasteiger partial charge on any atom is 0.227 e.